The molecule has 0 bridgehead atoms. The Balaban J connectivity index is 2.46. The molecule has 0 aliphatic carbocycles. The highest BCUT2D eigenvalue weighted by atomic mass is 16.1. The van der Waals surface area contributed by atoms with Gasteiger partial charge in [0.05, 0.1) is 5.69 Å². The Kier molecular flexibility index (Phi) is 5.85. The minimum atomic E-state index is 0.0678. The fourth-order valence-electron chi connectivity index (χ4n) is 1.95. The van der Waals surface area contributed by atoms with E-state index in [9.17, 15) is 4.79 Å². The summed E-state index contributed by atoms with van der Waals surface area (Å²) in [5.74, 6) is 0.350. The Morgan fingerprint density at radius 1 is 1.56 bits per heavy atom. The molecule has 3 N–H and O–H groups in total. The van der Waals surface area contributed by atoms with E-state index in [-0.39, 0.29) is 11.8 Å². The van der Waals surface area contributed by atoms with Crippen molar-refractivity contribution in [2.75, 3.05) is 6.54 Å². The molecular weight excluding hydrogens is 228 g/mol. The number of carbonyl (C=O) groups excluding carboxylic acids is 1. The van der Waals surface area contributed by atoms with E-state index in [1.54, 1.807) is 4.68 Å². The van der Waals surface area contributed by atoms with Crippen molar-refractivity contribution in [1.29, 1.82) is 0 Å². The summed E-state index contributed by atoms with van der Waals surface area (Å²) in [4.78, 5) is 11.8. The molecule has 1 amide bonds. The van der Waals surface area contributed by atoms with Gasteiger partial charge in [-0.15, -0.1) is 0 Å². The molecular formula is C13H24N4O. The van der Waals surface area contributed by atoms with E-state index in [1.807, 2.05) is 13.2 Å². The van der Waals surface area contributed by atoms with Crippen LogP contribution in [0.2, 0.25) is 0 Å². The van der Waals surface area contributed by atoms with Crippen molar-refractivity contribution in [3.8, 4) is 0 Å². The molecule has 0 saturated carbocycles. The van der Waals surface area contributed by atoms with Gasteiger partial charge in [-0.1, -0.05) is 20.3 Å². The van der Waals surface area contributed by atoms with Gasteiger partial charge in [0.2, 0.25) is 5.91 Å². The van der Waals surface area contributed by atoms with Crippen molar-refractivity contribution >= 4 is 5.91 Å². The molecule has 5 nitrogen and oxygen atoms in total. The number of nitrogens with two attached hydrogens (primary N) is 1. The lowest BCUT2D eigenvalue weighted by molar-refractivity contribution is -0.122. The Bertz CT molecular complexity index is 382. The third-order valence-electron chi connectivity index (χ3n) is 3.19. The van der Waals surface area contributed by atoms with Crippen LogP contribution in [0.4, 0.5) is 0 Å². The van der Waals surface area contributed by atoms with Crippen molar-refractivity contribution in [1.82, 2.24) is 15.1 Å². The molecule has 0 saturated heterocycles. The normalized spacial score (nSPS) is 12.4. The van der Waals surface area contributed by atoms with Gasteiger partial charge < -0.3 is 11.1 Å². The number of rotatable bonds is 7. The quantitative estimate of drug-likeness (QED) is 0.759. The molecule has 1 atom stereocenters. The van der Waals surface area contributed by atoms with Crippen LogP contribution in [0.5, 0.6) is 0 Å². The fourth-order valence-corrected chi connectivity index (χ4v) is 1.95. The van der Waals surface area contributed by atoms with Crippen molar-refractivity contribution in [3.63, 3.8) is 0 Å². The molecule has 0 aromatic carbocycles. The molecule has 0 spiro atoms. The summed E-state index contributed by atoms with van der Waals surface area (Å²) in [5.41, 5.74) is 7.73. The zero-order valence-electron chi connectivity index (χ0n) is 11.6. The first-order valence-electron chi connectivity index (χ1n) is 6.58. The zero-order chi connectivity index (χ0) is 13.5. The lowest BCUT2D eigenvalue weighted by atomic mass is 10.0. The Labute approximate surface area is 109 Å². The first-order valence-corrected chi connectivity index (χ1v) is 6.58. The topological polar surface area (TPSA) is 72.9 Å². The number of nitrogens with zero attached hydrogens (tertiary/aromatic N) is 2. The third-order valence-corrected chi connectivity index (χ3v) is 3.19. The fraction of sp³-hybridized carbons (Fsp3) is 0.692. The minimum absolute atomic E-state index is 0.0678. The molecule has 1 aromatic rings. The van der Waals surface area contributed by atoms with Crippen LogP contribution in [0, 0.1) is 5.92 Å². The van der Waals surface area contributed by atoms with Gasteiger partial charge in [-0.3, -0.25) is 9.48 Å². The number of nitrogens with one attached hydrogen (secondary N) is 1. The van der Waals surface area contributed by atoms with Gasteiger partial charge in [0.1, 0.15) is 0 Å². The molecule has 0 aliphatic heterocycles. The van der Waals surface area contributed by atoms with Gasteiger partial charge in [0.25, 0.3) is 0 Å². The number of carbonyl (C=O) groups is 1. The van der Waals surface area contributed by atoms with Crippen LogP contribution in [0.1, 0.15) is 37.9 Å². The average molecular weight is 252 g/mol. The third kappa shape index (κ3) is 4.14. The van der Waals surface area contributed by atoms with E-state index in [0.29, 0.717) is 19.5 Å². The lowest BCUT2D eigenvalue weighted by Gasteiger charge is -2.11. The van der Waals surface area contributed by atoms with Crippen LogP contribution in [-0.2, 0) is 24.8 Å². The molecule has 18 heavy (non-hydrogen) atoms. The van der Waals surface area contributed by atoms with Gasteiger partial charge >= 0.3 is 0 Å². The number of aryl methyl sites for hydroxylation is 2. The van der Waals surface area contributed by atoms with Crippen molar-refractivity contribution in [2.24, 2.45) is 18.7 Å². The number of amides is 1. The predicted octanol–water partition coefficient (Wildman–Crippen LogP) is 0.974. The van der Waals surface area contributed by atoms with Crippen molar-refractivity contribution in [2.45, 2.75) is 39.7 Å². The van der Waals surface area contributed by atoms with Crippen LogP contribution >= 0.6 is 0 Å². The largest absolute Gasteiger partial charge is 0.352 e. The van der Waals surface area contributed by atoms with Crippen molar-refractivity contribution < 1.29 is 4.79 Å². The van der Waals surface area contributed by atoms with E-state index in [2.05, 4.69) is 24.3 Å². The predicted molar refractivity (Wildman–Crippen MR) is 71.9 cm³/mol. The van der Waals surface area contributed by atoms with E-state index < -0.39 is 0 Å². The monoisotopic (exact) mass is 252 g/mol. The molecule has 0 fully saturated rings. The Morgan fingerprint density at radius 3 is 2.83 bits per heavy atom. The second kappa shape index (κ2) is 7.16. The average Bonchev–Trinajstić information content (AvgIpc) is 2.73. The van der Waals surface area contributed by atoms with Gasteiger partial charge in [-0.25, -0.2) is 0 Å². The highest BCUT2D eigenvalue weighted by molar-refractivity contribution is 5.76. The van der Waals surface area contributed by atoms with Crippen LogP contribution in [-0.4, -0.2) is 22.2 Å². The van der Waals surface area contributed by atoms with Crippen LogP contribution in [0.3, 0.4) is 0 Å². The molecule has 1 heterocycles. The summed E-state index contributed by atoms with van der Waals surface area (Å²) in [6.07, 6.45) is 4.29. The Morgan fingerprint density at radius 2 is 2.28 bits per heavy atom. The highest BCUT2D eigenvalue weighted by Crippen LogP contribution is 2.08. The lowest BCUT2D eigenvalue weighted by Crippen LogP contribution is -2.27. The summed E-state index contributed by atoms with van der Waals surface area (Å²) in [6, 6.07) is 0. The first kappa shape index (κ1) is 14.7. The minimum Gasteiger partial charge on any atom is -0.352 e. The molecule has 102 valence electrons. The molecule has 1 unspecified atom stereocenters. The van der Waals surface area contributed by atoms with E-state index in [0.717, 1.165) is 24.1 Å². The zero-order valence-corrected chi connectivity index (χ0v) is 11.6. The summed E-state index contributed by atoms with van der Waals surface area (Å²) < 4.78 is 1.79. The Hall–Kier alpha value is -1.36. The number of hydrogen-bond donors (Lipinski definition) is 2. The van der Waals surface area contributed by atoms with E-state index in [1.165, 1.54) is 0 Å². The molecule has 1 aromatic heterocycles. The van der Waals surface area contributed by atoms with Gasteiger partial charge in [0.15, 0.2) is 0 Å². The smallest absolute Gasteiger partial charge is 0.220 e. The van der Waals surface area contributed by atoms with E-state index >= 15 is 0 Å². The SMILES string of the molecule is CCc1nn(C)cc1CNC(=O)CC(CC)CN. The van der Waals surface area contributed by atoms with Gasteiger partial charge in [-0.2, -0.15) is 5.10 Å². The van der Waals surface area contributed by atoms with Gasteiger partial charge in [0, 0.05) is 31.8 Å². The number of aromatic nitrogens is 2. The maximum atomic E-state index is 11.8. The summed E-state index contributed by atoms with van der Waals surface area (Å²) >= 11 is 0. The summed E-state index contributed by atoms with van der Waals surface area (Å²) in [7, 11) is 1.89. The van der Waals surface area contributed by atoms with Crippen LogP contribution < -0.4 is 11.1 Å². The molecule has 1 rings (SSSR count). The molecule has 5 heteroatoms. The molecule has 0 radical (unpaired) electrons. The van der Waals surface area contributed by atoms with Crippen LogP contribution in [0.25, 0.3) is 0 Å². The second-order valence-electron chi connectivity index (χ2n) is 4.62. The summed E-state index contributed by atoms with van der Waals surface area (Å²) in [6.45, 7) is 5.24. The number of hydrogen-bond acceptors (Lipinski definition) is 3. The van der Waals surface area contributed by atoms with Crippen LogP contribution in [0.15, 0.2) is 6.20 Å². The second-order valence-corrected chi connectivity index (χ2v) is 4.62. The first-order chi connectivity index (χ1) is 8.60. The van der Waals surface area contributed by atoms with E-state index in [4.69, 9.17) is 5.73 Å². The maximum Gasteiger partial charge on any atom is 0.220 e. The van der Waals surface area contributed by atoms with Crippen molar-refractivity contribution in [3.05, 3.63) is 17.5 Å². The van der Waals surface area contributed by atoms with Gasteiger partial charge in [-0.05, 0) is 18.9 Å². The molecule has 0 aliphatic rings. The maximum absolute atomic E-state index is 11.8. The standard InChI is InChI=1S/C13H24N4O/c1-4-10(7-14)6-13(18)15-8-11-9-17(3)16-12(11)5-2/h9-10H,4-8,14H2,1-3H3,(H,15,18). The highest BCUT2D eigenvalue weighted by Gasteiger charge is 2.11. The summed E-state index contributed by atoms with van der Waals surface area (Å²) in [5, 5.41) is 7.28.